The number of benzene rings is 1. The summed E-state index contributed by atoms with van der Waals surface area (Å²) < 4.78 is 0. The Balaban J connectivity index is 1.60. The van der Waals surface area contributed by atoms with E-state index in [-0.39, 0.29) is 42.3 Å². The van der Waals surface area contributed by atoms with E-state index in [1.54, 1.807) is 0 Å². The first-order valence-corrected chi connectivity index (χ1v) is 11.3. The van der Waals surface area contributed by atoms with E-state index < -0.39 is 0 Å². The average molecular weight is 430 g/mol. The Morgan fingerprint density at radius 1 is 0.935 bits per heavy atom. The van der Waals surface area contributed by atoms with Gasteiger partial charge in [0.1, 0.15) is 5.78 Å². The maximum absolute atomic E-state index is 12.6. The molecule has 170 valence electrons. The number of likely N-dealkylation sites (tertiary alicyclic amines) is 1. The van der Waals surface area contributed by atoms with Crippen LogP contribution in [-0.4, -0.2) is 54.6 Å². The number of Topliss-reactive ketones (excluding diaryl/α,β-unsaturated/α-hetero) is 1. The molecule has 0 spiro atoms. The summed E-state index contributed by atoms with van der Waals surface area (Å²) in [5.41, 5.74) is 2.29. The number of nitrogens with zero attached hydrogens (tertiary/aromatic N) is 1. The quantitative estimate of drug-likeness (QED) is 0.526. The Morgan fingerprint density at radius 2 is 1.55 bits per heavy atom. The summed E-state index contributed by atoms with van der Waals surface area (Å²) >= 11 is 0. The second-order valence-corrected chi connectivity index (χ2v) is 8.20. The number of ketones is 1. The molecular formula is C24H35N3O4. The molecule has 0 unspecified atom stereocenters. The number of aryl methyl sites for hydroxylation is 1. The minimum absolute atomic E-state index is 0.000732. The zero-order valence-corrected chi connectivity index (χ0v) is 18.7. The van der Waals surface area contributed by atoms with Crippen LogP contribution in [0.15, 0.2) is 24.3 Å². The second-order valence-electron chi connectivity index (χ2n) is 8.20. The lowest BCUT2D eigenvalue weighted by Gasteiger charge is -2.31. The number of carbonyl (C=O) groups excluding carboxylic acids is 4. The first-order valence-electron chi connectivity index (χ1n) is 11.3. The van der Waals surface area contributed by atoms with E-state index in [1.165, 1.54) is 12.5 Å². The highest BCUT2D eigenvalue weighted by molar-refractivity contribution is 5.83. The van der Waals surface area contributed by atoms with Gasteiger partial charge in [0.25, 0.3) is 0 Å². The van der Waals surface area contributed by atoms with Crippen LogP contribution in [0.25, 0.3) is 0 Å². The Labute approximate surface area is 185 Å². The van der Waals surface area contributed by atoms with Crippen molar-refractivity contribution in [2.75, 3.05) is 26.2 Å². The third-order valence-electron chi connectivity index (χ3n) is 5.68. The molecule has 0 atom stereocenters. The zero-order chi connectivity index (χ0) is 22.6. The number of hydrogen-bond acceptors (Lipinski definition) is 4. The zero-order valence-electron chi connectivity index (χ0n) is 18.7. The van der Waals surface area contributed by atoms with Crippen LogP contribution in [0.3, 0.4) is 0 Å². The van der Waals surface area contributed by atoms with E-state index in [0.29, 0.717) is 51.9 Å². The summed E-state index contributed by atoms with van der Waals surface area (Å²) in [6.45, 7) is 5.76. The van der Waals surface area contributed by atoms with Gasteiger partial charge in [-0.05, 0) is 43.7 Å². The molecule has 0 saturated carbocycles. The molecule has 1 aliphatic rings. The number of nitrogens with one attached hydrogen (secondary N) is 2. The van der Waals surface area contributed by atoms with Crippen molar-refractivity contribution in [1.82, 2.24) is 15.5 Å². The van der Waals surface area contributed by atoms with Gasteiger partial charge in [-0.25, -0.2) is 0 Å². The van der Waals surface area contributed by atoms with E-state index in [1.807, 2.05) is 17.0 Å². The predicted molar refractivity (Wildman–Crippen MR) is 119 cm³/mol. The molecule has 1 aliphatic heterocycles. The summed E-state index contributed by atoms with van der Waals surface area (Å²) in [6, 6.07) is 8.17. The summed E-state index contributed by atoms with van der Waals surface area (Å²) in [5.74, 6) is -0.0764. The molecule has 1 aromatic rings. The lowest BCUT2D eigenvalue weighted by Crippen LogP contribution is -2.43. The second kappa shape index (κ2) is 12.9. The highest BCUT2D eigenvalue weighted by Gasteiger charge is 2.27. The number of carbonyl (C=O) groups is 4. The van der Waals surface area contributed by atoms with Gasteiger partial charge in [0.2, 0.25) is 17.7 Å². The van der Waals surface area contributed by atoms with Gasteiger partial charge >= 0.3 is 0 Å². The molecule has 31 heavy (non-hydrogen) atoms. The molecule has 3 amide bonds. The van der Waals surface area contributed by atoms with Gasteiger partial charge in [0, 0.05) is 44.9 Å². The number of hydrogen-bond donors (Lipinski definition) is 2. The molecule has 1 fully saturated rings. The first-order chi connectivity index (χ1) is 14.9. The maximum atomic E-state index is 12.6. The molecule has 1 heterocycles. The third kappa shape index (κ3) is 8.90. The molecule has 0 radical (unpaired) electrons. The molecular weight excluding hydrogens is 394 g/mol. The highest BCUT2D eigenvalue weighted by Crippen LogP contribution is 2.18. The Morgan fingerprint density at radius 3 is 2.16 bits per heavy atom. The van der Waals surface area contributed by atoms with Crippen molar-refractivity contribution in [1.29, 1.82) is 0 Å². The van der Waals surface area contributed by atoms with Gasteiger partial charge < -0.3 is 20.3 Å². The molecule has 1 saturated heterocycles. The summed E-state index contributed by atoms with van der Waals surface area (Å²) in [4.78, 5) is 49.2. The SMILES string of the molecule is CCc1ccc(CC(=O)N2CCC(C(=O)NCCCNC(=O)CCC(C)=O)CC2)cc1. The molecule has 0 aromatic heterocycles. The summed E-state index contributed by atoms with van der Waals surface area (Å²) in [6.07, 6.45) is 3.85. The lowest BCUT2D eigenvalue weighted by atomic mass is 9.95. The molecule has 2 N–H and O–H groups in total. The van der Waals surface area contributed by atoms with Crippen LogP contribution in [-0.2, 0) is 32.0 Å². The minimum atomic E-state index is -0.139. The van der Waals surface area contributed by atoms with Crippen molar-refractivity contribution >= 4 is 23.5 Å². The van der Waals surface area contributed by atoms with Crippen LogP contribution < -0.4 is 10.6 Å². The van der Waals surface area contributed by atoms with Gasteiger partial charge in [-0.2, -0.15) is 0 Å². The average Bonchev–Trinajstić information content (AvgIpc) is 2.77. The number of piperidine rings is 1. The number of amides is 3. The van der Waals surface area contributed by atoms with Crippen molar-refractivity contribution in [3.63, 3.8) is 0 Å². The number of rotatable bonds is 11. The van der Waals surface area contributed by atoms with Crippen molar-refractivity contribution in [3.05, 3.63) is 35.4 Å². The first kappa shape index (κ1) is 24.6. The summed E-state index contributed by atoms with van der Waals surface area (Å²) in [5, 5.41) is 5.67. The van der Waals surface area contributed by atoms with Crippen molar-refractivity contribution in [2.24, 2.45) is 5.92 Å². The van der Waals surface area contributed by atoms with E-state index in [9.17, 15) is 19.2 Å². The third-order valence-corrected chi connectivity index (χ3v) is 5.68. The van der Waals surface area contributed by atoms with E-state index in [2.05, 4.69) is 29.7 Å². The van der Waals surface area contributed by atoms with Gasteiger partial charge in [-0.1, -0.05) is 31.2 Å². The molecule has 7 heteroatoms. The molecule has 0 aliphatic carbocycles. The van der Waals surface area contributed by atoms with Crippen LogP contribution in [0.5, 0.6) is 0 Å². The molecule has 0 bridgehead atoms. The van der Waals surface area contributed by atoms with Crippen LogP contribution in [0.1, 0.15) is 57.1 Å². The molecule has 2 rings (SSSR count). The topological polar surface area (TPSA) is 95.6 Å². The minimum Gasteiger partial charge on any atom is -0.356 e. The van der Waals surface area contributed by atoms with Crippen molar-refractivity contribution in [3.8, 4) is 0 Å². The predicted octanol–water partition coefficient (Wildman–Crippen LogP) is 2.02. The fourth-order valence-corrected chi connectivity index (χ4v) is 3.62. The largest absolute Gasteiger partial charge is 0.356 e. The highest BCUT2D eigenvalue weighted by atomic mass is 16.2. The van der Waals surface area contributed by atoms with Crippen LogP contribution >= 0.6 is 0 Å². The van der Waals surface area contributed by atoms with Crippen LogP contribution in [0.4, 0.5) is 0 Å². The fourth-order valence-electron chi connectivity index (χ4n) is 3.62. The smallest absolute Gasteiger partial charge is 0.226 e. The van der Waals surface area contributed by atoms with E-state index in [4.69, 9.17) is 0 Å². The summed E-state index contributed by atoms with van der Waals surface area (Å²) in [7, 11) is 0. The van der Waals surface area contributed by atoms with Gasteiger partial charge in [-0.15, -0.1) is 0 Å². The van der Waals surface area contributed by atoms with Gasteiger partial charge in [-0.3, -0.25) is 14.4 Å². The molecule has 1 aromatic carbocycles. The fraction of sp³-hybridized carbons (Fsp3) is 0.583. The standard InChI is InChI=1S/C24H35N3O4/c1-3-19-6-8-20(9-7-19)17-23(30)27-15-11-21(12-16-27)24(31)26-14-4-13-25-22(29)10-5-18(2)28/h6-9,21H,3-5,10-17H2,1-2H3,(H,25,29)(H,26,31). The van der Waals surface area contributed by atoms with Crippen LogP contribution in [0.2, 0.25) is 0 Å². The Hall–Kier alpha value is -2.70. The van der Waals surface area contributed by atoms with Crippen LogP contribution in [0, 0.1) is 5.92 Å². The Bertz CT molecular complexity index is 753. The van der Waals surface area contributed by atoms with E-state index >= 15 is 0 Å². The van der Waals surface area contributed by atoms with Gasteiger partial charge in [0.15, 0.2) is 0 Å². The van der Waals surface area contributed by atoms with Gasteiger partial charge in [0.05, 0.1) is 6.42 Å². The van der Waals surface area contributed by atoms with Crippen molar-refractivity contribution < 1.29 is 19.2 Å². The van der Waals surface area contributed by atoms with Crippen molar-refractivity contribution in [2.45, 2.75) is 58.8 Å². The normalized spacial score (nSPS) is 14.2. The monoisotopic (exact) mass is 429 g/mol. The lowest BCUT2D eigenvalue weighted by molar-refractivity contribution is -0.135. The molecule has 7 nitrogen and oxygen atoms in total. The Kier molecular flexibility index (Phi) is 10.2. The maximum Gasteiger partial charge on any atom is 0.226 e. The van der Waals surface area contributed by atoms with E-state index in [0.717, 1.165) is 12.0 Å².